The second-order valence-corrected chi connectivity index (χ2v) is 8.43. The van der Waals surface area contributed by atoms with Gasteiger partial charge in [0.05, 0.1) is 11.9 Å². The topological polar surface area (TPSA) is 114 Å². The highest BCUT2D eigenvalue weighted by Gasteiger charge is 2.40. The molecule has 3 amide bonds. The van der Waals surface area contributed by atoms with Crippen molar-refractivity contribution < 1.29 is 14.4 Å². The van der Waals surface area contributed by atoms with Crippen molar-refractivity contribution in [3.05, 3.63) is 41.1 Å². The summed E-state index contributed by atoms with van der Waals surface area (Å²) in [5, 5.41) is 6.74. The van der Waals surface area contributed by atoms with Crippen LogP contribution < -0.4 is 16.0 Å². The largest absolute Gasteiger partial charge is 0.394 e. The molecule has 4 heterocycles. The molecule has 9 nitrogen and oxygen atoms in total. The third-order valence-corrected chi connectivity index (χ3v) is 6.20. The van der Waals surface area contributed by atoms with Crippen LogP contribution in [0, 0.1) is 5.92 Å². The standard InChI is InChI=1S/C21H24N6O3/c1-12-8-25(20-16(22)7-23-27(20)9-12)10-13-3-2-4-14-15(13)11-26(21(14)30)17-5-6-18(28)24-19(17)29/h2-4,7,12,17H,5-6,8-11,22H2,1H3,(H,24,28,29). The minimum absolute atomic E-state index is 0.155. The van der Waals surface area contributed by atoms with E-state index in [0.717, 1.165) is 30.0 Å². The molecular weight excluding hydrogens is 384 g/mol. The van der Waals surface area contributed by atoms with E-state index < -0.39 is 11.9 Å². The molecule has 1 saturated heterocycles. The van der Waals surface area contributed by atoms with E-state index in [1.165, 1.54) is 0 Å². The summed E-state index contributed by atoms with van der Waals surface area (Å²) in [5.74, 6) is 0.509. The number of nitrogens with one attached hydrogen (secondary N) is 1. The highest BCUT2D eigenvalue weighted by Crippen LogP contribution is 2.34. The maximum atomic E-state index is 13.0. The summed E-state index contributed by atoms with van der Waals surface area (Å²) in [4.78, 5) is 40.6. The molecule has 1 aromatic carbocycles. The molecule has 0 saturated carbocycles. The molecule has 3 aliphatic heterocycles. The fourth-order valence-electron chi connectivity index (χ4n) is 4.83. The average molecular weight is 408 g/mol. The number of carbonyl (C=O) groups excluding carboxylic acids is 3. The lowest BCUT2D eigenvalue weighted by molar-refractivity contribution is -0.136. The molecule has 156 valence electrons. The van der Waals surface area contributed by atoms with Crippen LogP contribution in [0.4, 0.5) is 11.5 Å². The molecule has 0 radical (unpaired) electrons. The van der Waals surface area contributed by atoms with Gasteiger partial charge in [0.1, 0.15) is 6.04 Å². The number of piperidine rings is 1. The number of nitrogen functional groups attached to an aromatic ring is 1. The molecule has 9 heteroatoms. The van der Waals surface area contributed by atoms with Crippen LogP contribution in [0.1, 0.15) is 41.3 Å². The summed E-state index contributed by atoms with van der Waals surface area (Å²) in [6.45, 7) is 4.84. The lowest BCUT2D eigenvalue weighted by Crippen LogP contribution is -2.52. The summed E-state index contributed by atoms with van der Waals surface area (Å²) < 4.78 is 1.94. The first-order chi connectivity index (χ1) is 14.4. The molecule has 1 aromatic heterocycles. The maximum Gasteiger partial charge on any atom is 0.255 e. The van der Waals surface area contributed by atoms with E-state index in [0.29, 0.717) is 36.7 Å². The third-order valence-electron chi connectivity index (χ3n) is 6.20. The predicted octanol–water partition coefficient (Wildman–Crippen LogP) is 0.883. The highest BCUT2D eigenvalue weighted by molar-refractivity contribution is 6.05. The molecule has 0 bridgehead atoms. The van der Waals surface area contributed by atoms with Crippen LogP contribution in [-0.2, 0) is 29.2 Å². The SMILES string of the molecule is CC1CN(Cc2cccc3c2CN(C2CCC(=O)NC2=O)C3=O)c2c(N)cnn2C1. The summed E-state index contributed by atoms with van der Waals surface area (Å²) in [5.41, 5.74) is 9.43. The van der Waals surface area contributed by atoms with Gasteiger partial charge in [-0.2, -0.15) is 5.10 Å². The van der Waals surface area contributed by atoms with Crippen LogP contribution in [0.5, 0.6) is 0 Å². The first-order valence-electron chi connectivity index (χ1n) is 10.2. The monoisotopic (exact) mass is 408 g/mol. The van der Waals surface area contributed by atoms with Crippen LogP contribution in [-0.4, -0.2) is 45.0 Å². The Hall–Kier alpha value is -3.36. The first kappa shape index (κ1) is 18.7. The van der Waals surface area contributed by atoms with Gasteiger partial charge in [-0.3, -0.25) is 19.7 Å². The lowest BCUT2D eigenvalue weighted by atomic mass is 10.0. The van der Waals surface area contributed by atoms with Gasteiger partial charge in [-0.1, -0.05) is 19.1 Å². The number of nitrogens with two attached hydrogens (primary N) is 1. The third kappa shape index (κ3) is 2.92. The van der Waals surface area contributed by atoms with E-state index in [4.69, 9.17) is 5.73 Å². The van der Waals surface area contributed by atoms with Crippen molar-refractivity contribution >= 4 is 29.2 Å². The summed E-state index contributed by atoms with van der Waals surface area (Å²) in [6.07, 6.45) is 2.29. The molecule has 1 fully saturated rings. The summed E-state index contributed by atoms with van der Waals surface area (Å²) in [6, 6.07) is 5.11. The zero-order valence-corrected chi connectivity index (χ0v) is 16.8. The zero-order chi connectivity index (χ0) is 21.0. The number of imide groups is 1. The van der Waals surface area contributed by atoms with Crippen molar-refractivity contribution in [3.8, 4) is 0 Å². The van der Waals surface area contributed by atoms with Crippen LogP contribution in [0.15, 0.2) is 24.4 Å². The Morgan fingerprint density at radius 1 is 1.23 bits per heavy atom. The smallest absolute Gasteiger partial charge is 0.255 e. The van der Waals surface area contributed by atoms with Crippen LogP contribution >= 0.6 is 0 Å². The van der Waals surface area contributed by atoms with E-state index in [-0.39, 0.29) is 18.2 Å². The number of hydrogen-bond donors (Lipinski definition) is 2. The quantitative estimate of drug-likeness (QED) is 0.729. The number of benzene rings is 1. The van der Waals surface area contributed by atoms with Crippen molar-refractivity contribution in [2.24, 2.45) is 5.92 Å². The summed E-state index contributed by atoms with van der Waals surface area (Å²) >= 11 is 0. The molecule has 0 aliphatic carbocycles. The van der Waals surface area contributed by atoms with Crippen molar-refractivity contribution in [2.45, 2.75) is 45.4 Å². The number of amides is 3. The van der Waals surface area contributed by atoms with Crippen LogP contribution in [0.25, 0.3) is 0 Å². The van der Waals surface area contributed by atoms with Gasteiger partial charge >= 0.3 is 0 Å². The Balaban J connectivity index is 1.43. The Labute approximate surface area is 173 Å². The number of hydrogen-bond acceptors (Lipinski definition) is 6. The predicted molar refractivity (Wildman–Crippen MR) is 109 cm³/mol. The van der Waals surface area contributed by atoms with Crippen molar-refractivity contribution in [3.63, 3.8) is 0 Å². The number of anilines is 2. The molecule has 5 rings (SSSR count). The number of nitrogens with zero attached hydrogens (tertiary/aromatic N) is 4. The van der Waals surface area contributed by atoms with Crippen LogP contribution in [0.2, 0.25) is 0 Å². The van der Waals surface area contributed by atoms with Gasteiger partial charge in [0, 0.05) is 38.2 Å². The van der Waals surface area contributed by atoms with Gasteiger partial charge < -0.3 is 15.5 Å². The Bertz CT molecular complexity index is 1060. The van der Waals surface area contributed by atoms with Crippen molar-refractivity contribution in [1.29, 1.82) is 0 Å². The van der Waals surface area contributed by atoms with Gasteiger partial charge in [-0.15, -0.1) is 0 Å². The van der Waals surface area contributed by atoms with Gasteiger partial charge in [-0.05, 0) is 29.5 Å². The summed E-state index contributed by atoms with van der Waals surface area (Å²) in [7, 11) is 0. The lowest BCUT2D eigenvalue weighted by Gasteiger charge is -2.34. The van der Waals surface area contributed by atoms with Gasteiger partial charge in [0.25, 0.3) is 5.91 Å². The Morgan fingerprint density at radius 2 is 2.07 bits per heavy atom. The van der Waals surface area contributed by atoms with Gasteiger partial charge in [0.15, 0.2) is 5.82 Å². The highest BCUT2D eigenvalue weighted by atomic mass is 16.2. The van der Waals surface area contributed by atoms with E-state index in [1.54, 1.807) is 11.1 Å². The Kier molecular flexibility index (Phi) is 4.27. The van der Waals surface area contributed by atoms with E-state index >= 15 is 0 Å². The van der Waals surface area contributed by atoms with Crippen molar-refractivity contribution in [1.82, 2.24) is 20.0 Å². The normalized spacial score (nSPS) is 23.4. The number of aromatic nitrogens is 2. The molecule has 2 aromatic rings. The van der Waals surface area contributed by atoms with Crippen molar-refractivity contribution in [2.75, 3.05) is 17.2 Å². The fourth-order valence-corrected chi connectivity index (χ4v) is 4.83. The minimum Gasteiger partial charge on any atom is -0.394 e. The van der Waals surface area contributed by atoms with E-state index in [1.807, 2.05) is 22.9 Å². The van der Waals surface area contributed by atoms with E-state index in [9.17, 15) is 14.4 Å². The molecule has 2 unspecified atom stereocenters. The molecule has 3 aliphatic rings. The van der Waals surface area contributed by atoms with Crippen LogP contribution in [0.3, 0.4) is 0 Å². The number of carbonyl (C=O) groups is 3. The maximum absolute atomic E-state index is 13.0. The molecule has 30 heavy (non-hydrogen) atoms. The molecular formula is C21H24N6O3. The molecule has 0 spiro atoms. The second kappa shape index (κ2) is 6.86. The first-order valence-corrected chi connectivity index (χ1v) is 10.2. The second-order valence-electron chi connectivity index (χ2n) is 8.43. The average Bonchev–Trinajstić information content (AvgIpc) is 3.23. The van der Waals surface area contributed by atoms with Gasteiger partial charge in [0.2, 0.25) is 11.8 Å². The number of rotatable bonds is 3. The number of fused-ring (bicyclic) bond motifs is 2. The van der Waals surface area contributed by atoms with E-state index in [2.05, 4.69) is 22.2 Å². The molecule has 3 N–H and O–H groups in total. The minimum atomic E-state index is -0.609. The molecule has 2 atom stereocenters. The fraction of sp³-hybridized carbons (Fsp3) is 0.429. The Morgan fingerprint density at radius 3 is 2.87 bits per heavy atom. The zero-order valence-electron chi connectivity index (χ0n) is 16.8. The van der Waals surface area contributed by atoms with Gasteiger partial charge in [-0.25, -0.2) is 4.68 Å².